The van der Waals surface area contributed by atoms with Crippen LogP contribution in [0, 0.1) is 11.8 Å². The van der Waals surface area contributed by atoms with Crippen molar-refractivity contribution in [3.05, 3.63) is 0 Å². The molecule has 0 saturated heterocycles. The van der Waals surface area contributed by atoms with E-state index in [1.54, 1.807) is 6.92 Å². The van der Waals surface area contributed by atoms with Crippen molar-refractivity contribution in [2.45, 2.75) is 33.8 Å². The molecule has 0 aromatic carbocycles. The SMILES string of the molecule is COC(=O)C(C)CNC(=O)CO[C@@H](C)C(C)C. The zero-order valence-electron chi connectivity index (χ0n) is 11.3. The molecule has 17 heavy (non-hydrogen) atoms. The molecule has 0 radical (unpaired) electrons. The standard InChI is InChI=1S/C12H23NO4/c1-8(2)10(4)17-7-11(14)13-6-9(3)12(15)16-5/h8-10H,6-7H2,1-5H3,(H,13,14)/t9?,10-/m0/s1. The highest BCUT2D eigenvalue weighted by Crippen LogP contribution is 2.04. The largest absolute Gasteiger partial charge is 0.469 e. The van der Waals surface area contributed by atoms with Crippen LogP contribution in [-0.2, 0) is 19.1 Å². The number of methoxy groups -OCH3 is 1. The molecule has 0 saturated carbocycles. The zero-order chi connectivity index (χ0) is 13.4. The lowest BCUT2D eigenvalue weighted by Gasteiger charge is -2.16. The Balaban J connectivity index is 3.77. The highest BCUT2D eigenvalue weighted by atomic mass is 16.5. The van der Waals surface area contributed by atoms with E-state index in [9.17, 15) is 9.59 Å². The maximum absolute atomic E-state index is 11.4. The van der Waals surface area contributed by atoms with E-state index in [-0.39, 0.29) is 37.0 Å². The molecule has 0 fully saturated rings. The number of rotatable bonds is 7. The van der Waals surface area contributed by atoms with Crippen molar-refractivity contribution in [2.75, 3.05) is 20.3 Å². The van der Waals surface area contributed by atoms with E-state index in [0.29, 0.717) is 5.92 Å². The third-order valence-corrected chi connectivity index (χ3v) is 2.63. The fraction of sp³-hybridized carbons (Fsp3) is 0.833. The molecule has 0 rings (SSSR count). The van der Waals surface area contributed by atoms with Crippen molar-refractivity contribution in [1.29, 1.82) is 0 Å². The second-order valence-corrected chi connectivity index (χ2v) is 4.49. The minimum atomic E-state index is -0.341. The molecule has 5 nitrogen and oxygen atoms in total. The van der Waals surface area contributed by atoms with Gasteiger partial charge >= 0.3 is 5.97 Å². The summed E-state index contributed by atoms with van der Waals surface area (Å²) in [5, 5.41) is 2.63. The van der Waals surface area contributed by atoms with E-state index >= 15 is 0 Å². The molecule has 0 aliphatic carbocycles. The molecule has 5 heteroatoms. The van der Waals surface area contributed by atoms with Crippen molar-refractivity contribution < 1.29 is 19.1 Å². The quantitative estimate of drug-likeness (QED) is 0.679. The van der Waals surface area contributed by atoms with Crippen molar-refractivity contribution >= 4 is 11.9 Å². The summed E-state index contributed by atoms with van der Waals surface area (Å²) >= 11 is 0. The van der Waals surface area contributed by atoms with Gasteiger partial charge in [-0.1, -0.05) is 20.8 Å². The summed E-state index contributed by atoms with van der Waals surface area (Å²) in [6.45, 7) is 7.97. The van der Waals surface area contributed by atoms with E-state index in [2.05, 4.69) is 10.1 Å². The molecule has 1 unspecified atom stereocenters. The van der Waals surface area contributed by atoms with Crippen molar-refractivity contribution in [3.8, 4) is 0 Å². The number of esters is 1. The third kappa shape index (κ3) is 6.94. The van der Waals surface area contributed by atoms with Crippen LogP contribution < -0.4 is 5.32 Å². The van der Waals surface area contributed by atoms with Crippen molar-refractivity contribution in [2.24, 2.45) is 11.8 Å². The van der Waals surface area contributed by atoms with Crippen LogP contribution in [0.15, 0.2) is 0 Å². The van der Waals surface area contributed by atoms with Gasteiger partial charge in [0.15, 0.2) is 0 Å². The molecule has 0 aromatic rings. The number of nitrogens with one attached hydrogen (secondary N) is 1. The van der Waals surface area contributed by atoms with E-state index < -0.39 is 0 Å². The predicted octanol–water partition coefficient (Wildman–Crippen LogP) is 0.973. The monoisotopic (exact) mass is 245 g/mol. The van der Waals surface area contributed by atoms with E-state index in [1.165, 1.54) is 7.11 Å². The lowest BCUT2D eigenvalue weighted by molar-refractivity contribution is -0.144. The fourth-order valence-corrected chi connectivity index (χ4v) is 1.00. The van der Waals surface area contributed by atoms with Crippen LogP contribution in [0.3, 0.4) is 0 Å². The first kappa shape index (κ1) is 15.9. The normalized spacial score (nSPS) is 14.2. The molecular weight excluding hydrogens is 222 g/mol. The number of hydrogen-bond donors (Lipinski definition) is 1. The smallest absolute Gasteiger partial charge is 0.310 e. The second-order valence-electron chi connectivity index (χ2n) is 4.49. The molecule has 0 spiro atoms. The molecule has 0 bridgehead atoms. The molecule has 0 aromatic heterocycles. The summed E-state index contributed by atoms with van der Waals surface area (Å²) in [5.74, 6) is -0.515. The van der Waals surface area contributed by atoms with Gasteiger partial charge in [0.05, 0.1) is 19.1 Å². The first-order chi connectivity index (χ1) is 7.88. The first-order valence-corrected chi connectivity index (χ1v) is 5.84. The lowest BCUT2D eigenvalue weighted by Crippen LogP contribution is -2.35. The number of ether oxygens (including phenoxy) is 2. The van der Waals surface area contributed by atoms with Gasteiger partial charge in [-0.2, -0.15) is 0 Å². The summed E-state index contributed by atoms with van der Waals surface area (Å²) in [4.78, 5) is 22.5. The van der Waals surface area contributed by atoms with Gasteiger partial charge in [-0.05, 0) is 12.8 Å². The maximum Gasteiger partial charge on any atom is 0.310 e. The van der Waals surface area contributed by atoms with Gasteiger partial charge in [-0.3, -0.25) is 9.59 Å². The summed E-state index contributed by atoms with van der Waals surface area (Å²) in [6.07, 6.45) is 0.0405. The van der Waals surface area contributed by atoms with Crippen molar-refractivity contribution in [3.63, 3.8) is 0 Å². The van der Waals surface area contributed by atoms with Crippen LogP contribution in [0.1, 0.15) is 27.7 Å². The van der Waals surface area contributed by atoms with E-state index in [4.69, 9.17) is 4.74 Å². The van der Waals surface area contributed by atoms with Crippen LogP contribution in [0.5, 0.6) is 0 Å². The topological polar surface area (TPSA) is 64.6 Å². The summed E-state index contributed by atoms with van der Waals surface area (Å²) in [7, 11) is 1.33. The summed E-state index contributed by atoms with van der Waals surface area (Å²) in [5.41, 5.74) is 0. The number of carbonyl (C=O) groups is 2. The molecule has 2 atom stereocenters. The molecule has 0 aliphatic heterocycles. The van der Waals surface area contributed by atoms with Crippen LogP contribution in [0.25, 0.3) is 0 Å². The third-order valence-electron chi connectivity index (χ3n) is 2.63. The molecule has 1 amide bonds. The fourth-order valence-electron chi connectivity index (χ4n) is 1.00. The van der Waals surface area contributed by atoms with Gasteiger partial charge in [0, 0.05) is 6.54 Å². The molecule has 0 aliphatic rings. The van der Waals surface area contributed by atoms with E-state index in [1.807, 2.05) is 20.8 Å². The predicted molar refractivity (Wildman–Crippen MR) is 64.4 cm³/mol. The van der Waals surface area contributed by atoms with Gasteiger partial charge in [-0.15, -0.1) is 0 Å². The van der Waals surface area contributed by atoms with Crippen LogP contribution >= 0.6 is 0 Å². The van der Waals surface area contributed by atoms with Gasteiger partial charge < -0.3 is 14.8 Å². The Morgan fingerprint density at radius 1 is 1.18 bits per heavy atom. The number of hydrogen-bond acceptors (Lipinski definition) is 4. The minimum absolute atomic E-state index is 0.0211. The molecule has 0 heterocycles. The Kier molecular flexibility index (Phi) is 7.54. The Hall–Kier alpha value is -1.10. The van der Waals surface area contributed by atoms with Crippen LogP contribution in [0.2, 0.25) is 0 Å². The average Bonchev–Trinajstić information content (AvgIpc) is 2.31. The number of carbonyl (C=O) groups excluding carboxylic acids is 2. The Morgan fingerprint density at radius 3 is 2.24 bits per heavy atom. The molecule has 1 N–H and O–H groups in total. The van der Waals surface area contributed by atoms with Crippen molar-refractivity contribution in [1.82, 2.24) is 5.32 Å². The maximum atomic E-state index is 11.4. The highest BCUT2D eigenvalue weighted by molar-refractivity contribution is 5.78. The van der Waals surface area contributed by atoms with Crippen LogP contribution in [-0.4, -0.2) is 38.2 Å². The number of amides is 1. The van der Waals surface area contributed by atoms with Gasteiger partial charge in [0.2, 0.25) is 5.91 Å². The van der Waals surface area contributed by atoms with Gasteiger partial charge in [-0.25, -0.2) is 0 Å². The Bertz CT molecular complexity index is 253. The average molecular weight is 245 g/mol. The van der Waals surface area contributed by atoms with Crippen LogP contribution in [0.4, 0.5) is 0 Å². The minimum Gasteiger partial charge on any atom is -0.469 e. The molecular formula is C12H23NO4. The highest BCUT2D eigenvalue weighted by Gasteiger charge is 2.15. The lowest BCUT2D eigenvalue weighted by atomic mass is 10.1. The summed E-state index contributed by atoms with van der Waals surface area (Å²) in [6, 6.07) is 0. The van der Waals surface area contributed by atoms with E-state index in [0.717, 1.165) is 0 Å². The first-order valence-electron chi connectivity index (χ1n) is 5.84. The summed E-state index contributed by atoms with van der Waals surface area (Å²) < 4.78 is 9.91. The second kappa shape index (κ2) is 8.06. The Labute approximate surface area is 103 Å². The zero-order valence-corrected chi connectivity index (χ0v) is 11.3. The van der Waals surface area contributed by atoms with Gasteiger partial charge in [0.25, 0.3) is 0 Å². The van der Waals surface area contributed by atoms with Gasteiger partial charge in [0.1, 0.15) is 6.61 Å². The molecule has 100 valence electrons. The Morgan fingerprint density at radius 2 is 1.76 bits per heavy atom.